The third-order valence-corrected chi connectivity index (χ3v) is 6.80. The first-order valence-electron chi connectivity index (χ1n) is 9.38. The van der Waals surface area contributed by atoms with Crippen molar-refractivity contribution in [3.05, 3.63) is 25.1 Å². The van der Waals surface area contributed by atoms with Crippen LogP contribution in [0.2, 0.25) is 0 Å². The first kappa shape index (κ1) is 43.8. The van der Waals surface area contributed by atoms with E-state index in [1.54, 1.807) is 36.5 Å². The van der Waals surface area contributed by atoms with E-state index in [-0.39, 0.29) is 128 Å². The van der Waals surface area contributed by atoms with Gasteiger partial charge in [-0.15, -0.1) is 34.3 Å². The van der Waals surface area contributed by atoms with Crippen molar-refractivity contribution in [2.24, 2.45) is 0 Å². The number of H-pyrrole nitrogens is 1. The van der Waals surface area contributed by atoms with E-state index in [0.29, 0.717) is 19.0 Å². The topological polar surface area (TPSA) is 131 Å². The molecule has 0 saturated carbocycles. The van der Waals surface area contributed by atoms with Crippen molar-refractivity contribution in [3.8, 4) is 0 Å². The molecular weight excluding hydrogens is 610 g/mol. The smallest absolute Gasteiger partial charge is 1.00 e. The Labute approximate surface area is 315 Å². The standard InChI is InChI=1S/C9H13NO2S2.C5H7NS2.C4H7ClO2.CH2O3.2K.H/c1-4-12-8(11)5-13-9-10-6(2)7(3)14-9;1-3-4(2)8-5(7)6-3;1-2-7-4(6)3-5;2-1-4-3;;;/h4-5H2,1-3H3;1-2H3,(H,6,7);2-3H2,1H3;1,3H;;;/q;;;;2*+1;-1/p-1. The van der Waals surface area contributed by atoms with Gasteiger partial charge in [0, 0.05) is 15.4 Å². The van der Waals surface area contributed by atoms with Gasteiger partial charge in [0.2, 0.25) is 0 Å². The Balaban J connectivity index is -0.000000126. The molecule has 9 nitrogen and oxygen atoms in total. The molecule has 0 fully saturated rings. The van der Waals surface area contributed by atoms with Gasteiger partial charge in [-0.2, -0.15) is 0 Å². The second-order valence-corrected chi connectivity index (χ2v) is 10.1. The van der Waals surface area contributed by atoms with Crippen LogP contribution in [0, 0.1) is 31.6 Å². The van der Waals surface area contributed by atoms with Gasteiger partial charge in [0.1, 0.15) is 5.88 Å². The molecule has 0 spiro atoms. The molecule has 16 heteroatoms. The summed E-state index contributed by atoms with van der Waals surface area (Å²) in [7, 11) is 0. The molecule has 2 aromatic rings. The normalized spacial score (nSPS) is 8.57. The summed E-state index contributed by atoms with van der Waals surface area (Å²) in [6, 6.07) is 0. The number of nitrogens with one attached hydrogen (secondary N) is 1. The summed E-state index contributed by atoms with van der Waals surface area (Å²) >= 11 is 14.6. The summed E-state index contributed by atoms with van der Waals surface area (Å²) in [5.41, 5.74) is 2.24. The number of rotatable bonds is 7. The maximum atomic E-state index is 11.0. The molecule has 0 unspecified atom stereocenters. The van der Waals surface area contributed by atoms with Crippen LogP contribution < -0.4 is 108 Å². The van der Waals surface area contributed by atoms with E-state index in [1.807, 2.05) is 20.8 Å². The van der Waals surface area contributed by atoms with Crippen molar-refractivity contribution in [2.45, 2.75) is 45.9 Å². The minimum atomic E-state index is -0.357. The summed E-state index contributed by atoms with van der Waals surface area (Å²) in [5, 5.41) is 8.43. The van der Waals surface area contributed by atoms with E-state index in [0.717, 1.165) is 14.0 Å². The van der Waals surface area contributed by atoms with Gasteiger partial charge in [-0.3, -0.25) is 14.4 Å². The molecule has 2 heterocycles. The summed E-state index contributed by atoms with van der Waals surface area (Å²) in [4.78, 5) is 42.2. The van der Waals surface area contributed by atoms with Crippen molar-refractivity contribution in [2.75, 3.05) is 24.8 Å². The number of thioether (sulfide) groups is 1. The van der Waals surface area contributed by atoms with Gasteiger partial charge >= 0.3 is 115 Å². The fourth-order valence-electron chi connectivity index (χ4n) is 1.51. The number of ether oxygens (including phenoxy) is 2. The van der Waals surface area contributed by atoms with Crippen molar-refractivity contribution in [1.29, 1.82) is 0 Å². The minimum absolute atomic E-state index is 0. The minimum Gasteiger partial charge on any atom is -1.00 e. The first-order valence-corrected chi connectivity index (χ1v) is 12.9. The Morgan fingerprint density at radius 3 is 1.89 bits per heavy atom. The van der Waals surface area contributed by atoms with Gasteiger partial charge in [-0.05, 0) is 53.8 Å². The number of carbonyl (C=O) groups excluding carboxylic acids is 3. The van der Waals surface area contributed by atoms with Crippen LogP contribution >= 0.6 is 58.3 Å². The SMILES string of the molecule is CCOC(=O)CCl.CCOC(=O)CSc1nc(C)c(C)s1.Cc1[nH]c(=S)sc1C.O=CO[O-].[H-].[K+].[K+]. The van der Waals surface area contributed by atoms with Crippen LogP contribution in [0.5, 0.6) is 0 Å². The van der Waals surface area contributed by atoms with E-state index in [4.69, 9.17) is 38.6 Å². The van der Waals surface area contributed by atoms with Crippen LogP contribution in [-0.2, 0) is 28.7 Å². The Morgan fingerprint density at radius 1 is 1.11 bits per heavy atom. The number of aromatic nitrogens is 2. The number of nitrogens with zero attached hydrogens (tertiary/aromatic N) is 1. The van der Waals surface area contributed by atoms with Gasteiger partial charge in [0.05, 0.1) is 24.7 Å². The number of alkyl halides is 1. The molecule has 0 saturated heterocycles. The van der Waals surface area contributed by atoms with Crippen LogP contribution in [0.3, 0.4) is 0 Å². The molecule has 0 aliphatic rings. The number of aromatic amines is 1. The van der Waals surface area contributed by atoms with E-state index < -0.39 is 0 Å². The predicted octanol–water partition coefficient (Wildman–Crippen LogP) is -1.82. The number of hydrogen-bond acceptors (Lipinski definition) is 12. The summed E-state index contributed by atoms with van der Waals surface area (Å²) in [5.74, 6) is -0.235. The van der Waals surface area contributed by atoms with Crippen LogP contribution in [0.25, 0.3) is 0 Å². The number of thiazole rings is 2. The van der Waals surface area contributed by atoms with E-state index in [9.17, 15) is 9.59 Å². The van der Waals surface area contributed by atoms with Crippen LogP contribution in [-0.4, -0.2) is 53.2 Å². The fraction of sp³-hybridized carbons (Fsp3) is 0.526. The Kier molecular flexibility index (Phi) is 36.0. The number of carbonyl (C=O) groups is 3. The van der Waals surface area contributed by atoms with E-state index in [2.05, 4.69) is 26.5 Å². The summed E-state index contributed by atoms with van der Waals surface area (Å²) in [6.07, 6.45) is 0. The molecule has 0 aromatic carbocycles. The number of esters is 2. The molecule has 0 amide bonds. The molecule has 0 aliphatic carbocycles. The zero-order valence-corrected chi connectivity index (χ0v) is 31.5. The van der Waals surface area contributed by atoms with Gasteiger partial charge in [0.25, 0.3) is 6.47 Å². The molecular formula is C19H29ClK2N2O7S4. The van der Waals surface area contributed by atoms with Crippen molar-refractivity contribution in [1.82, 2.24) is 9.97 Å². The largest absolute Gasteiger partial charge is 1.00 e. The second kappa shape index (κ2) is 28.8. The summed E-state index contributed by atoms with van der Waals surface area (Å²) in [6.45, 7) is 12.3. The molecule has 0 radical (unpaired) electrons. The average Bonchev–Trinajstić information content (AvgIpc) is 3.26. The van der Waals surface area contributed by atoms with Crippen LogP contribution in [0.15, 0.2) is 4.34 Å². The third-order valence-electron chi connectivity index (χ3n) is 3.14. The third kappa shape index (κ3) is 25.8. The van der Waals surface area contributed by atoms with E-state index in [1.165, 1.54) is 27.2 Å². The maximum absolute atomic E-state index is 11.0. The molecule has 0 aliphatic heterocycles. The van der Waals surface area contributed by atoms with Gasteiger partial charge in [-0.25, -0.2) is 4.98 Å². The Hall–Kier alpha value is 1.76. The Morgan fingerprint density at radius 2 is 1.63 bits per heavy atom. The second-order valence-electron chi connectivity index (χ2n) is 5.54. The number of hydrogen-bond donors (Lipinski definition) is 1. The molecule has 35 heavy (non-hydrogen) atoms. The maximum Gasteiger partial charge on any atom is 1.00 e. The molecule has 0 atom stereocenters. The van der Waals surface area contributed by atoms with Crippen LogP contribution in [0.1, 0.15) is 36.4 Å². The van der Waals surface area contributed by atoms with Crippen molar-refractivity contribution >= 4 is 76.7 Å². The predicted molar refractivity (Wildman–Crippen MR) is 134 cm³/mol. The fourth-order valence-corrected chi connectivity index (χ4v) is 4.75. The number of halogens is 1. The molecule has 1 N–H and O–H groups in total. The van der Waals surface area contributed by atoms with Gasteiger partial charge in [-0.1, -0.05) is 11.8 Å². The summed E-state index contributed by atoms with van der Waals surface area (Å²) < 4.78 is 11.1. The molecule has 2 rings (SSSR count). The molecule has 0 bridgehead atoms. The van der Waals surface area contributed by atoms with Gasteiger partial charge in [0.15, 0.2) is 8.29 Å². The first-order chi connectivity index (χ1) is 15.6. The van der Waals surface area contributed by atoms with Gasteiger partial charge < -0.3 is 26.0 Å². The number of aryl methyl sites for hydroxylation is 4. The van der Waals surface area contributed by atoms with Crippen LogP contribution in [0.4, 0.5) is 0 Å². The quantitative estimate of drug-likeness (QED) is 0.0541. The van der Waals surface area contributed by atoms with E-state index >= 15 is 0 Å². The van der Waals surface area contributed by atoms with Crippen molar-refractivity contribution in [3.63, 3.8) is 0 Å². The zero-order chi connectivity index (χ0) is 25.8. The molecule has 190 valence electrons. The zero-order valence-electron chi connectivity index (χ0n) is 22.2. The monoisotopic (exact) mass is 638 g/mol. The average molecular weight is 639 g/mol. The Bertz CT molecular complexity index is 860. The molecule has 2 aromatic heterocycles. The van der Waals surface area contributed by atoms with Crippen molar-refractivity contribution < 1.29 is 138 Å².